The largest absolute Gasteiger partial charge is 0.326 e. The Bertz CT molecular complexity index is 629. The van der Waals surface area contributed by atoms with E-state index in [9.17, 15) is 13.2 Å². The highest BCUT2D eigenvalue weighted by Crippen LogP contribution is 2.24. The number of rotatable bonds is 3. The minimum absolute atomic E-state index is 0.207. The first-order valence-electron chi connectivity index (χ1n) is 6.48. The monoisotopic (exact) mass is 350 g/mol. The van der Waals surface area contributed by atoms with Crippen molar-refractivity contribution in [3.8, 4) is 0 Å². The summed E-state index contributed by atoms with van der Waals surface area (Å²) >= 11 is 11.8. The lowest BCUT2D eigenvalue weighted by atomic mass is 9.99. The number of halogens is 2. The molecule has 1 heterocycles. The Hall–Kier alpha value is -0.820. The van der Waals surface area contributed by atoms with Gasteiger partial charge in [-0.25, -0.2) is 12.7 Å². The zero-order valence-corrected chi connectivity index (χ0v) is 13.8. The van der Waals surface area contributed by atoms with E-state index in [1.165, 1.54) is 4.31 Å². The molecule has 116 valence electrons. The average Bonchev–Trinajstić information content (AvgIpc) is 2.36. The van der Waals surface area contributed by atoms with E-state index in [0.29, 0.717) is 35.1 Å². The third-order valence-electron chi connectivity index (χ3n) is 3.35. The Labute approximate surface area is 134 Å². The molecular formula is C13H16Cl2N2O3S. The summed E-state index contributed by atoms with van der Waals surface area (Å²) in [4.78, 5) is 12.2. The van der Waals surface area contributed by atoms with E-state index >= 15 is 0 Å². The number of sulfonamides is 1. The van der Waals surface area contributed by atoms with Gasteiger partial charge in [-0.15, -0.1) is 0 Å². The molecule has 5 nitrogen and oxygen atoms in total. The maximum absolute atomic E-state index is 12.2. The molecule has 1 aliphatic rings. The zero-order valence-electron chi connectivity index (χ0n) is 11.5. The van der Waals surface area contributed by atoms with Crippen LogP contribution in [0.25, 0.3) is 0 Å². The standard InChI is InChI=1S/C13H16Cl2N2O3S/c1-21(19,20)17-4-2-3-9(8-17)13(18)16-12-6-10(14)5-11(15)7-12/h5-7,9H,2-4,8H2,1H3,(H,16,18)/t9-/m1/s1. The number of hydrogen-bond acceptors (Lipinski definition) is 3. The predicted octanol–water partition coefficient (Wildman–Crippen LogP) is 2.60. The van der Waals surface area contributed by atoms with Crippen molar-refractivity contribution in [3.63, 3.8) is 0 Å². The summed E-state index contributed by atoms with van der Waals surface area (Å²) in [7, 11) is -3.27. The molecule has 1 aromatic carbocycles. The maximum Gasteiger partial charge on any atom is 0.228 e. The van der Waals surface area contributed by atoms with Crippen LogP contribution in [0, 0.1) is 5.92 Å². The number of anilines is 1. The third kappa shape index (κ3) is 4.57. The molecule has 1 aromatic rings. The quantitative estimate of drug-likeness (QED) is 0.910. The second-order valence-electron chi connectivity index (χ2n) is 5.11. The Morgan fingerprint density at radius 1 is 1.29 bits per heavy atom. The average molecular weight is 351 g/mol. The summed E-state index contributed by atoms with van der Waals surface area (Å²) in [6, 6.07) is 4.77. The molecule has 0 aliphatic carbocycles. The van der Waals surface area contributed by atoms with E-state index in [-0.39, 0.29) is 18.4 Å². The van der Waals surface area contributed by atoms with Gasteiger partial charge in [-0.1, -0.05) is 23.2 Å². The van der Waals surface area contributed by atoms with E-state index < -0.39 is 10.0 Å². The minimum atomic E-state index is -3.27. The van der Waals surface area contributed by atoms with E-state index in [1.807, 2.05) is 0 Å². The third-order valence-corrected chi connectivity index (χ3v) is 5.06. The molecule has 2 rings (SSSR count). The van der Waals surface area contributed by atoms with E-state index in [4.69, 9.17) is 23.2 Å². The Balaban J connectivity index is 2.06. The topological polar surface area (TPSA) is 66.5 Å². The lowest BCUT2D eigenvalue weighted by molar-refractivity contribution is -0.120. The molecular weight excluding hydrogens is 335 g/mol. The molecule has 1 amide bonds. The first-order chi connectivity index (χ1) is 9.75. The summed E-state index contributed by atoms with van der Waals surface area (Å²) in [5.41, 5.74) is 0.508. The van der Waals surface area contributed by atoms with Gasteiger partial charge >= 0.3 is 0 Å². The highest BCUT2D eigenvalue weighted by molar-refractivity contribution is 7.88. The predicted molar refractivity (Wildman–Crippen MR) is 84.2 cm³/mol. The number of carbonyl (C=O) groups excluding carboxylic acids is 1. The van der Waals surface area contributed by atoms with Crippen LogP contribution < -0.4 is 5.32 Å². The lowest BCUT2D eigenvalue weighted by Crippen LogP contribution is -2.43. The number of amides is 1. The van der Waals surface area contributed by atoms with Gasteiger partial charge in [0.15, 0.2) is 0 Å². The summed E-state index contributed by atoms with van der Waals surface area (Å²) < 4.78 is 24.5. The number of piperidine rings is 1. The molecule has 0 spiro atoms. The number of nitrogens with one attached hydrogen (secondary N) is 1. The van der Waals surface area contributed by atoms with Crippen molar-refractivity contribution < 1.29 is 13.2 Å². The van der Waals surface area contributed by atoms with Gasteiger partial charge in [0.2, 0.25) is 15.9 Å². The van der Waals surface area contributed by atoms with Crippen molar-refractivity contribution in [2.45, 2.75) is 12.8 Å². The molecule has 21 heavy (non-hydrogen) atoms. The number of carbonyl (C=O) groups is 1. The van der Waals surface area contributed by atoms with Crippen LogP contribution in [-0.4, -0.2) is 38.0 Å². The fraction of sp³-hybridized carbons (Fsp3) is 0.462. The van der Waals surface area contributed by atoms with Crippen LogP contribution in [0.1, 0.15) is 12.8 Å². The van der Waals surface area contributed by atoms with Crippen molar-refractivity contribution in [1.29, 1.82) is 0 Å². The molecule has 0 bridgehead atoms. The first kappa shape index (κ1) is 16.5. The van der Waals surface area contributed by atoms with Crippen LogP contribution in [0.4, 0.5) is 5.69 Å². The zero-order chi connectivity index (χ0) is 15.6. The van der Waals surface area contributed by atoms with Gasteiger partial charge in [0.25, 0.3) is 0 Å². The Kier molecular flexibility index (Phi) is 5.14. The van der Waals surface area contributed by atoms with Crippen LogP contribution in [0.5, 0.6) is 0 Å². The smallest absolute Gasteiger partial charge is 0.228 e. The van der Waals surface area contributed by atoms with Crippen molar-refractivity contribution in [1.82, 2.24) is 4.31 Å². The molecule has 0 aromatic heterocycles. The first-order valence-corrected chi connectivity index (χ1v) is 9.08. The van der Waals surface area contributed by atoms with Crippen molar-refractivity contribution in [2.24, 2.45) is 5.92 Å². The lowest BCUT2D eigenvalue weighted by Gasteiger charge is -2.30. The number of benzene rings is 1. The normalized spacial score (nSPS) is 20.2. The van der Waals surface area contributed by atoms with Gasteiger partial charge in [-0.3, -0.25) is 4.79 Å². The van der Waals surface area contributed by atoms with Crippen molar-refractivity contribution in [3.05, 3.63) is 28.2 Å². The second-order valence-corrected chi connectivity index (χ2v) is 7.96. The van der Waals surface area contributed by atoms with Crippen LogP contribution in [-0.2, 0) is 14.8 Å². The van der Waals surface area contributed by atoms with Gasteiger partial charge in [-0.05, 0) is 31.0 Å². The van der Waals surface area contributed by atoms with E-state index in [0.717, 1.165) is 6.26 Å². The van der Waals surface area contributed by atoms with Gasteiger partial charge in [-0.2, -0.15) is 0 Å². The fourth-order valence-corrected chi connectivity index (χ4v) is 3.77. The summed E-state index contributed by atoms with van der Waals surface area (Å²) in [5.74, 6) is -0.590. The summed E-state index contributed by atoms with van der Waals surface area (Å²) in [6.45, 7) is 0.671. The van der Waals surface area contributed by atoms with Crippen LogP contribution >= 0.6 is 23.2 Å². The molecule has 1 fully saturated rings. The molecule has 1 saturated heterocycles. The van der Waals surface area contributed by atoms with E-state index in [1.54, 1.807) is 18.2 Å². The second kappa shape index (κ2) is 6.52. The highest BCUT2D eigenvalue weighted by atomic mass is 35.5. The molecule has 0 radical (unpaired) electrons. The van der Waals surface area contributed by atoms with Crippen LogP contribution in [0.15, 0.2) is 18.2 Å². The minimum Gasteiger partial charge on any atom is -0.326 e. The Morgan fingerprint density at radius 3 is 2.48 bits per heavy atom. The number of nitrogens with zero attached hydrogens (tertiary/aromatic N) is 1. The highest BCUT2D eigenvalue weighted by Gasteiger charge is 2.30. The Morgan fingerprint density at radius 2 is 1.90 bits per heavy atom. The van der Waals surface area contributed by atoms with Gasteiger partial charge < -0.3 is 5.32 Å². The fourth-order valence-electron chi connectivity index (χ4n) is 2.33. The summed E-state index contributed by atoms with van der Waals surface area (Å²) in [6.07, 6.45) is 2.48. The van der Waals surface area contributed by atoms with Gasteiger partial charge in [0.05, 0.1) is 12.2 Å². The summed E-state index contributed by atoms with van der Waals surface area (Å²) in [5, 5.41) is 3.60. The van der Waals surface area contributed by atoms with Crippen LogP contribution in [0.2, 0.25) is 10.0 Å². The number of hydrogen-bond donors (Lipinski definition) is 1. The SMILES string of the molecule is CS(=O)(=O)N1CCC[C@@H](C(=O)Nc2cc(Cl)cc(Cl)c2)C1. The molecule has 0 saturated carbocycles. The molecule has 1 atom stereocenters. The van der Waals surface area contributed by atoms with Crippen molar-refractivity contribution >= 4 is 44.8 Å². The maximum atomic E-state index is 12.2. The van der Waals surface area contributed by atoms with Crippen molar-refractivity contribution in [2.75, 3.05) is 24.7 Å². The molecule has 1 aliphatic heterocycles. The van der Waals surface area contributed by atoms with Crippen LogP contribution in [0.3, 0.4) is 0 Å². The van der Waals surface area contributed by atoms with Gasteiger partial charge in [0.1, 0.15) is 0 Å². The van der Waals surface area contributed by atoms with Gasteiger partial charge in [0, 0.05) is 28.8 Å². The molecule has 1 N–H and O–H groups in total. The molecule has 0 unspecified atom stereocenters. The van der Waals surface area contributed by atoms with E-state index in [2.05, 4.69) is 5.32 Å². The molecule has 8 heteroatoms.